The molecule has 0 atom stereocenters. The Bertz CT molecular complexity index is 1030. The first-order valence-electron chi connectivity index (χ1n) is 7.76. The molecule has 1 heterocycles. The minimum atomic E-state index is -0.307. The maximum Gasteiger partial charge on any atom is 0.204 e. The van der Waals surface area contributed by atoms with E-state index in [-0.39, 0.29) is 22.7 Å². The Labute approximate surface area is 138 Å². The van der Waals surface area contributed by atoms with Crippen LogP contribution in [0.15, 0.2) is 88.1 Å². The van der Waals surface area contributed by atoms with Crippen molar-refractivity contribution >= 4 is 16.8 Å². The normalized spacial score (nSPS) is 13.7. The molecular formula is C21H14O3. The van der Waals surface area contributed by atoms with Gasteiger partial charge < -0.3 is 4.42 Å². The molecule has 24 heavy (non-hydrogen) atoms. The van der Waals surface area contributed by atoms with E-state index in [9.17, 15) is 9.59 Å². The molecule has 0 radical (unpaired) electrons. The van der Waals surface area contributed by atoms with E-state index in [4.69, 9.17) is 4.42 Å². The number of fused-ring (bicyclic) bond motifs is 1. The fourth-order valence-corrected chi connectivity index (χ4v) is 2.95. The fraction of sp³-hybridized carbons (Fsp3) is 0.0476. The number of para-hydroxylation sites is 1. The number of benzene rings is 2. The lowest BCUT2D eigenvalue weighted by atomic mass is 9.95. The smallest absolute Gasteiger partial charge is 0.204 e. The van der Waals surface area contributed by atoms with Crippen molar-refractivity contribution < 1.29 is 9.21 Å². The third-order valence-corrected chi connectivity index (χ3v) is 4.14. The number of rotatable bonds is 3. The van der Waals surface area contributed by atoms with E-state index in [2.05, 4.69) is 0 Å². The molecule has 116 valence electrons. The van der Waals surface area contributed by atoms with Gasteiger partial charge in [0, 0.05) is 5.56 Å². The topological polar surface area (TPSA) is 47.3 Å². The number of hydrogen-bond acceptors (Lipinski definition) is 3. The Morgan fingerprint density at radius 3 is 2.29 bits per heavy atom. The van der Waals surface area contributed by atoms with E-state index >= 15 is 0 Å². The predicted molar refractivity (Wildman–Crippen MR) is 93.4 cm³/mol. The predicted octanol–water partition coefficient (Wildman–Crippen LogP) is 4.23. The van der Waals surface area contributed by atoms with Gasteiger partial charge in [-0.05, 0) is 12.1 Å². The molecule has 0 fully saturated rings. The Hall–Kier alpha value is -3.20. The van der Waals surface area contributed by atoms with Crippen LogP contribution in [0.1, 0.15) is 27.6 Å². The van der Waals surface area contributed by atoms with E-state index in [1.165, 1.54) is 0 Å². The third-order valence-electron chi connectivity index (χ3n) is 4.14. The van der Waals surface area contributed by atoms with Crippen molar-refractivity contribution in [3.8, 4) is 0 Å². The Kier molecular flexibility index (Phi) is 3.47. The molecule has 0 unspecified atom stereocenters. The highest BCUT2D eigenvalue weighted by Gasteiger charge is 2.26. The molecule has 0 bridgehead atoms. The standard InChI is InChI=1S/C21H14O3/c22-19(14-8-2-1-3-9-14)18-20(23)16-12-6-7-13-17(16)24-21(18)15-10-4-5-11-15/h1-13,15H. The van der Waals surface area contributed by atoms with E-state index in [0.717, 1.165) is 0 Å². The van der Waals surface area contributed by atoms with Crippen LogP contribution in [0.25, 0.3) is 11.0 Å². The minimum Gasteiger partial charge on any atom is -0.459 e. The number of allylic oxidation sites excluding steroid dienone is 4. The van der Waals surface area contributed by atoms with Gasteiger partial charge in [0.05, 0.1) is 11.3 Å². The second-order valence-corrected chi connectivity index (χ2v) is 5.66. The second-order valence-electron chi connectivity index (χ2n) is 5.66. The molecule has 0 spiro atoms. The van der Waals surface area contributed by atoms with Crippen LogP contribution in [0.2, 0.25) is 0 Å². The highest BCUT2D eigenvalue weighted by Crippen LogP contribution is 2.29. The number of carbonyl (C=O) groups is 1. The number of ketones is 1. The molecule has 4 rings (SSSR count). The Morgan fingerprint density at radius 1 is 0.875 bits per heavy atom. The average Bonchev–Trinajstić information content (AvgIpc) is 3.16. The quantitative estimate of drug-likeness (QED) is 0.680. The van der Waals surface area contributed by atoms with E-state index < -0.39 is 0 Å². The molecule has 0 amide bonds. The van der Waals surface area contributed by atoms with Gasteiger partial charge in [-0.2, -0.15) is 0 Å². The summed E-state index contributed by atoms with van der Waals surface area (Å²) in [6, 6.07) is 15.8. The van der Waals surface area contributed by atoms with Crippen LogP contribution < -0.4 is 5.43 Å². The molecule has 3 nitrogen and oxygen atoms in total. The molecule has 1 aromatic heterocycles. The van der Waals surface area contributed by atoms with Crippen molar-refractivity contribution in [1.82, 2.24) is 0 Å². The molecule has 1 aliphatic rings. The number of hydrogen-bond donors (Lipinski definition) is 0. The summed E-state index contributed by atoms with van der Waals surface area (Å²) in [4.78, 5) is 26.0. The van der Waals surface area contributed by atoms with Gasteiger partial charge in [-0.15, -0.1) is 0 Å². The number of carbonyl (C=O) groups excluding carboxylic acids is 1. The third kappa shape index (κ3) is 2.31. The van der Waals surface area contributed by atoms with E-state index in [1.807, 2.05) is 36.4 Å². The maximum absolute atomic E-state index is 13.0. The molecule has 2 aromatic carbocycles. The summed E-state index contributed by atoms with van der Waals surface area (Å²) in [6.45, 7) is 0. The van der Waals surface area contributed by atoms with Crippen LogP contribution in [-0.2, 0) is 0 Å². The van der Waals surface area contributed by atoms with Gasteiger partial charge in [-0.1, -0.05) is 66.8 Å². The zero-order valence-electron chi connectivity index (χ0n) is 12.8. The summed E-state index contributed by atoms with van der Waals surface area (Å²) < 4.78 is 5.98. The van der Waals surface area contributed by atoms with Crippen LogP contribution in [0, 0.1) is 0 Å². The first kappa shape index (κ1) is 14.4. The van der Waals surface area contributed by atoms with Gasteiger partial charge in [0.2, 0.25) is 5.43 Å². The highest BCUT2D eigenvalue weighted by atomic mass is 16.3. The van der Waals surface area contributed by atoms with Crippen LogP contribution in [0.5, 0.6) is 0 Å². The Balaban J connectivity index is 2.02. The first-order chi connectivity index (χ1) is 11.8. The lowest BCUT2D eigenvalue weighted by molar-refractivity contribution is 0.103. The van der Waals surface area contributed by atoms with Gasteiger partial charge in [0.1, 0.15) is 16.9 Å². The summed E-state index contributed by atoms with van der Waals surface area (Å²) in [5.41, 5.74) is 0.804. The summed E-state index contributed by atoms with van der Waals surface area (Å²) in [7, 11) is 0. The summed E-state index contributed by atoms with van der Waals surface area (Å²) >= 11 is 0. The SMILES string of the molecule is O=C(c1ccccc1)c1c(C2C=CC=C2)oc2ccccc2c1=O. The molecule has 3 heteroatoms. The molecule has 0 N–H and O–H groups in total. The second kappa shape index (κ2) is 5.78. The van der Waals surface area contributed by atoms with Crippen molar-refractivity contribution in [2.45, 2.75) is 5.92 Å². The van der Waals surface area contributed by atoms with E-state index in [0.29, 0.717) is 22.3 Å². The molecule has 0 aliphatic heterocycles. The zero-order valence-corrected chi connectivity index (χ0v) is 12.8. The van der Waals surface area contributed by atoms with Crippen molar-refractivity contribution in [3.05, 3.63) is 106 Å². The lowest BCUT2D eigenvalue weighted by Crippen LogP contribution is -2.20. The van der Waals surface area contributed by atoms with Gasteiger partial charge in [-0.25, -0.2) is 0 Å². The zero-order chi connectivity index (χ0) is 16.5. The average molecular weight is 314 g/mol. The fourth-order valence-electron chi connectivity index (χ4n) is 2.95. The Morgan fingerprint density at radius 2 is 1.54 bits per heavy atom. The van der Waals surface area contributed by atoms with Crippen LogP contribution >= 0.6 is 0 Å². The molecular weight excluding hydrogens is 300 g/mol. The summed E-state index contributed by atoms with van der Waals surface area (Å²) in [5.74, 6) is -0.110. The molecule has 0 saturated heterocycles. The first-order valence-corrected chi connectivity index (χ1v) is 7.76. The van der Waals surface area contributed by atoms with Gasteiger partial charge in [0.15, 0.2) is 5.78 Å². The van der Waals surface area contributed by atoms with Crippen molar-refractivity contribution in [1.29, 1.82) is 0 Å². The highest BCUT2D eigenvalue weighted by molar-refractivity contribution is 6.10. The minimum absolute atomic E-state index is 0.112. The molecule has 3 aromatic rings. The van der Waals surface area contributed by atoms with E-state index in [1.54, 1.807) is 42.5 Å². The maximum atomic E-state index is 13.0. The van der Waals surface area contributed by atoms with Gasteiger partial charge in [0.25, 0.3) is 0 Å². The van der Waals surface area contributed by atoms with Crippen molar-refractivity contribution in [2.24, 2.45) is 0 Å². The van der Waals surface area contributed by atoms with Crippen LogP contribution in [-0.4, -0.2) is 5.78 Å². The van der Waals surface area contributed by atoms with Crippen molar-refractivity contribution in [3.63, 3.8) is 0 Å². The lowest BCUT2D eigenvalue weighted by Gasteiger charge is -2.12. The van der Waals surface area contributed by atoms with Crippen molar-refractivity contribution in [2.75, 3.05) is 0 Å². The molecule has 1 aliphatic carbocycles. The van der Waals surface area contributed by atoms with Gasteiger partial charge in [-0.3, -0.25) is 9.59 Å². The van der Waals surface area contributed by atoms with Crippen LogP contribution in [0.3, 0.4) is 0 Å². The molecule has 0 saturated carbocycles. The summed E-state index contributed by atoms with van der Waals surface area (Å²) in [6.07, 6.45) is 7.59. The monoisotopic (exact) mass is 314 g/mol. The largest absolute Gasteiger partial charge is 0.459 e. The van der Waals surface area contributed by atoms with Crippen LogP contribution in [0.4, 0.5) is 0 Å². The summed E-state index contributed by atoms with van der Waals surface area (Å²) in [5, 5.41) is 0.423. The van der Waals surface area contributed by atoms with Gasteiger partial charge >= 0.3 is 0 Å².